The fourth-order valence-electron chi connectivity index (χ4n) is 4.09. The molecule has 4 rings (SSSR count). The number of hydrogen-bond donors (Lipinski definition) is 1. The van der Waals surface area contributed by atoms with Crippen LogP contribution in [-0.4, -0.2) is 56.3 Å². The van der Waals surface area contributed by atoms with Crippen molar-refractivity contribution in [2.75, 3.05) is 49.1 Å². The van der Waals surface area contributed by atoms with Gasteiger partial charge in [-0.25, -0.2) is 4.98 Å². The second kappa shape index (κ2) is 8.82. The molecule has 2 aliphatic heterocycles. The number of ether oxygens (including phenoxy) is 1. The number of benzene rings is 1. The SMILES string of the molecule is Cc1cccc(N2CCN(c3ccc(C(=O)NCC4CCCO4)nc3)CC2)c1C. The highest BCUT2D eigenvalue weighted by atomic mass is 16.5. The van der Waals surface area contributed by atoms with Gasteiger partial charge in [-0.15, -0.1) is 0 Å². The highest BCUT2D eigenvalue weighted by molar-refractivity contribution is 5.92. The first-order valence-corrected chi connectivity index (χ1v) is 10.5. The summed E-state index contributed by atoms with van der Waals surface area (Å²) in [5.74, 6) is -0.133. The van der Waals surface area contributed by atoms with E-state index in [-0.39, 0.29) is 12.0 Å². The normalized spacial score (nSPS) is 19.4. The topological polar surface area (TPSA) is 57.7 Å². The average Bonchev–Trinajstić information content (AvgIpc) is 3.28. The number of rotatable bonds is 5. The number of carbonyl (C=O) groups is 1. The fraction of sp³-hybridized carbons (Fsp3) is 0.478. The zero-order valence-corrected chi connectivity index (χ0v) is 17.4. The Labute approximate surface area is 172 Å². The standard InChI is InChI=1S/C23H30N4O2/c1-17-5-3-7-22(18(17)2)27-12-10-26(11-13-27)19-8-9-21(24-15-19)23(28)25-16-20-6-4-14-29-20/h3,5,7-9,15,20H,4,6,10-14,16H2,1-2H3,(H,25,28). The number of nitrogens with one attached hydrogen (secondary N) is 1. The van der Waals surface area contributed by atoms with Crippen LogP contribution in [0.15, 0.2) is 36.5 Å². The van der Waals surface area contributed by atoms with Crippen LogP contribution in [0.4, 0.5) is 11.4 Å². The summed E-state index contributed by atoms with van der Waals surface area (Å²) in [4.78, 5) is 21.5. The lowest BCUT2D eigenvalue weighted by atomic mass is 10.1. The minimum absolute atomic E-state index is 0.133. The first kappa shape index (κ1) is 19.7. The Hall–Kier alpha value is -2.60. The Morgan fingerprint density at radius 2 is 1.93 bits per heavy atom. The van der Waals surface area contributed by atoms with Gasteiger partial charge in [-0.05, 0) is 56.0 Å². The minimum atomic E-state index is -0.133. The molecule has 2 aliphatic rings. The van der Waals surface area contributed by atoms with Crippen molar-refractivity contribution in [1.82, 2.24) is 10.3 Å². The van der Waals surface area contributed by atoms with Gasteiger partial charge in [0.25, 0.3) is 5.91 Å². The molecular weight excluding hydrogens is 364 g/mol. The number of pyridine rings is 1. The van der Waals surface area contributed by atoms with Crippen molar-refractivity contribution in [2.24, 2.45) is 0 Å². The Kier molecular flexibility index (Phi) is 6.00. The second-order valence-electron chi connectivity index (χ2n) is 7.94. The summed E-state index contributed by atoms with van der Waals surface area (Å²) in [5, 5.41) is 2.93. The average molecular weight is 395 g/mol. The summed E-state index contributed by atoms with van der Waals surface area (Å²) in [6, 6.07) is 10.3. The molecule has 1 unspecified atom stereocenters. The molecule has 0 saturated carbocycles. The molecule has 1 atom stereocenters. The number of carbonyl (C=O) groups excluding carboxylic acids is 1. The fourth-order valence-corrected chi connectivity index (χ4v) is 4.09. The summed E-state index contributed by atoms with van der Waals surface area (Å²) >= 11 is 0. The number of anilines is 2. The molecule has 0 radical (unpaired) electrons. The summed E-state index contributed by atoms with van der Waals surface area (Å²) in [6.45, 7) is 9.57. The zero-order valence-electron chi connectivity index (χ0n) is 17.4. The van der Waals surface area contributed by atoms with Crippen molar-refractivity contribution in [1.29, 1.82) is 0 Å². The zero-order chi connectivity index (χ0) is 20.2. The predicted octanol–water partition coefficient (Wildman–Crippen LogP) is 2.93. The van der Waals surface area contributed by atoms with Crippen molar-refractivity contribution in [2.45, 2.75) is 32.8 Å². The summed E-state index contributed by atoms with van der Waals surface area (Å²) in [6.07, 6.45) is 4.05. The van der Waals surface area contributed by atoms with Gasteiger partial charge in [0.05, 0.1) is 18.0 Å². The molecule has 0 spiro atoms. The van der Waals surface area contributed by atoms with Crippen LogP contribution in [0.1, 0.15) is 34.5 Å². The van der Waals surface area contributed by atoms with Gasteiger partial charge in [0.15, 0.2) is 0 Å². The number of aryl methyl sites for hydroxylation is 1. The van der Waals surface area contributed by atoms with Crippen LogP contribution in [-0.2, 0) is 4.74 Å². The Morgan fingerprint density at radius 1 is 1.14 bits per heavy atom. The van der Waals surface area contributed by atoms with Crippen LogP contribution in [0.25, 0.3) is 0 Å². The van der Waals surface area contributed by atoms with Crippen LogP contribution < -0.4 is 15.1 Å². The van der Waals surface area contributed by atoms with Gasteiger partial charge >= 0.3 is 0 Å². The van der Waals surface area contributed by atoms with E-state index < -0.39 is 0 Å². The number of nitrogens with zero attached hydrogens (tertiary/aromatic N) is 3. The smallest absolute Gasteiger partial charge is 0.269 e. The first-order chi connectivity index (χ1) is 14.1. The Balaban J connectivity index is 1.32. The van der Waals surface area contributed by atoms with E-state index in [2.05, 4.69) is 52.1 Å². The van der Waals surface area contributed by atoms with Gasteiger partial charge in [0.2, 0.25) is 0 Å². The Morgan fingerprint density at radius 3 is 2.62 bits per heavy atom. The summed E-state index contributed by atoms with van der Waals surface area (Å²) < 4.78 is 5.55. The molecule has 0 aliphatic carbocycles. The molecule has 2 saturated heterocycles. The molecule has 0 bridgehead atoms. The third-order valence-electron chi connectivity index (χ3n) is 6.06. The molecule has 1 N–H and O–H groups in total. The molecule has 6 heteroatoms. The minimum Gasteiger partial charge on any atom is -0.376 e. The van der Waals surface area contributed by atoms with Crippen molar-refractivity contribution in [3.8, 4) is 0 Å². The van der Waals surface area contributed by atoms with Gasteiger partial charge in [-0.3, -0.25) is 4.79 Å². The van der Waals surface area contributed by atoms with Crippen LogP contribution >= 0.6 is 0 Å². The van der Waals surface area contributed by atoms with Gasteiger partial charge in [-0.1, -0.05) is 12.1 Å². The number of hydrogen-bond acceptors (Lipinski definition) is 5. The quantitative estimate of drug-likeness (QED) is 0.845. The van der Waals surface area contributed by atoms with Gasteiger partial charge in [-0.2, -0.15) is 0 Å². The van der Waals surface area contributed by atoms with E-state index >= 15 is 0 Å². The molecule has 1 aromatic carbocycles. The van der Waals surface area contributed by atoms with Crippen LogP contribution in [0, 0.1) is 13.8 Å². The van der Waals surface area contributed by atoms with E-state index in [1.54, 1.807) is 0 Å². The van der Waals surface area contributed by atoms with Crippen molar-refractivity contribution < 1.29 is 9.53 Å². The lowest BCUT2D eigenvalue weighted by Crippen LogP contribution is -2.46. The Bertz CT molecular complexity index is 838. The maximum Gasteiger partial charge on any atom is 0.269 e. The molecule has 3 heterocycles. The molecule has 154 valence electrons. The maximum atomic E-state index is 12.3. The number of amides is 1. The second-order valence-corrected chi connectivity index (χ2v) is 7.94. The van der Waals surface area contributed by atoms with E-state index in [0.717, 1.165) is 51.3 Å². The summed E-state index contributed by atoms with van der Waals surface area (Å²) in [7, 11) is 0. The highest BCUT2D eigenvalue weighted by Gasteiger charge is 2.20. The van der Waals surface area contributed by atoms with Crippen molar-refractivity contribution >= 4 is 17.3 Å². The van der Waals surface area contributed by atoms with E-state index in [9.17, 15) is 4.79 Å². The van der Waals surface area contributed by atoms with Gasteiger partial charge < -0.3 is 19.9 Å². The predicted molar refractivity (Wildman–Crippen MR) is 116 cm³/mol. The van der Waals surface area contributed by atoms with Crippen LogP contribution in [0.2, 0.25) is 0 Å². The van der Waals surface area contributed by atoms with Crippen molar-refractivity contribution in [3.05, 3.63) is 53.3 Å². The van der Waals surface area contributed by atoms with Gasteiger partial charge in [0.1, 0.15) is 5.69 Å². The van der Waals surface area contributed by atoms with E-state index in [1.807, 2.05) is 18.3 Å². The largest absolute Gasteiger partial charge is 0.376 e. The maximum absolute atomic E-state index is 12.3. The van der Waals surface area contributed by atoms with Crippen molar-refractivity contribution in [3.63, 3.8) is 0 Å². The third-order valence-corrected chi connectivity index (χ3v) is 6.06. The monoisotopic (exact) mass is 394 g/mol. The molecule has 2 fully saturated rings. The van der Waals surface area contributed by atoms with Crippen LogP contribution in [0.3, 0.4) is 0 Å². The molecule has 2 aromatic rings. The molecule has 29 heavy (non-hydrogen) atoms. The lowest BCUT2D eigenvalue weighted by molar-refractivity contribution is 0.0853. The highest BCUT2D eigenvalue weighted by Crippen LogP contribution is 2.25. The number of piperazine rings is 1. The molecular formula is C23H30N4O2. The molecule has 1 aromatic heterocycles. The lowest BCUT2D eigenvalue weighted by Gasteiger charge is -2.38. The molecule has 1 amide bonds. The first-order valence-electron chi connectivity index (χ1n) is 10.5. The van der Waals surface area contributed by atoms with E-state index in [0.29, 0.717) is 12.2 Å². The molecule has 6 nitrogen and oxygen atoms in total. The third kappa shape index (κ3) is 4.53. The summed E-state index contributed by atoms with van der Waals surface area (Å²) in [5.41, 5.74) is 5.56. The van der Waals surface area contributed by atoms with Gasteiger partial charge in [0, 0.05) is 45.0 Å². The number of aromatic nitrogens is 1. The van der Waals surface area contributed by atoms with E-state index in [1.165, 1.54) is 16.8 Å². The van der Waals surface area contributed by atoms with Crippen LogP contribution in [0.5, 0.6) is 0 Å². The van der Waals surface area contributed by atoms with E-state index in [4.69, 9.17) is 4.74 Å².